The molecule has 4 aromatic rings. The number of carbonyl (C=O) groups excluding carboxylic acids is 1. The van der Waals surface area contributed by atoms with E-state index in [1.54, 1.807) is 6.92 Å². The average Bonchev–Trinajstić information content (AvgIpc) is 2.84. The number of hydrogen-bond acceptors (Lipinski definition) is 4. The smallest absolute Gasteiger partial charge is 0.186 e. The summed E-state index contributed by atoms with van der Waals surface area (Å²) in [5.41, 5.74) is 5.00. The first-order chi connectivity index (χ1) is 17.2. The Bertz CT molecular complexity index is 1410. The van der Waals surface area contributed by atoms with E-state index in [9.17, 15) is 9.90 Å². The largest absolute Gasteiger partial charge is 0.386 e. The second-order valence-corrected chi connectivity index (χ2v) is 11.2. The predicted molar refractivity (Wildman–Crippen MR) is 153 cm³/mol. The van der Waals surface area contributed by atoms with E-state index in [1.165, 1.54) is 11.8 Å². The van der Waals surface area contributed by atoms with E-state index in [2.05, 4.69) is 24.3 Å². The number of fused-ring (bicyclic) bond motifs is 1. The fourth-order valence-electron chi connectivity index (χ4n) is 4.36. The summed E-state index contributed by atoms with van der Waals surface area (Å²) in [6, 6.07) is 26.0. The van der Waals surface area contributed by atoms with Gasteiger partial charge in [0.05, 0.1) is 16.8 Å². The number of nitrogens with zero attached hydrogens (tertiary/aromatic N) is 1. The van der Waals surface area contributed by atoms with Crippen LogP contribution in [0.3, 0.4) is 0 Å². The normalized spacial score (nSPS) is 12.8. The third-order valence-corrected chi connectivity index (χ3v) is 7.42. The molecule has 1 heterocycles. The van der Waals surface area contributed by atoms with Crippen LogP contribution >= 0.6 is 23.4 Å². The van der Waals surface area contributed by atoms with E-state index in [4.69, 9.17) is 16.6 Å². The number of pyridine rings is 1. The van der Waals surface area contributed by atoms with E-state index in [-0.39, 0.29) is 10.4 Å². The Morgan fingerprint density at radius 1 is 1.03 bits per heavy atom. The number of hydrogen-bond donors (Lipinski definition) is 1. The number of carbonyl (C=O) groups is 1. The van der Waals surface area contributed by atoms with Crippen molar-refractivity contribution in [2.75, 3.05) is 0 Å². The van der Waals surface area contributed by atoms with Gasteiger partial charge in [-0.05, 0) is 73.2 Å². The minimum atomic E-state index is -0.910. The highest BCUT2D eigenvalue weighted by Gasteiger charge is 2.21. The highest BCUT2D eigenvalue weighted by atomic mass is 35.5. The molecule has 0 spiro atoms. The summed E-state index contributed by atoms with van der Waals surface area (Å²) in [6.45, 7) is 5.23. The van der Waals surface area contributed by atoms with Crippen molar-refractivity contribution in [3.8, 4) is 0 Å². The molecule has 1 atom stereocenters. The number of aliphatic hydroxyl groups is 1. The Balaban J connectivity index is 1.55. The summed E-state index contributed by atoms with van der Waals surface area (Å²) < 4.78 is 0. The Hall–Kier alpha value is -2.92. The van der Waals surface area contributed by atoms with Crippen molar-refractivity contribution in [3.63, 3.8) is 0 Å². The molecule has 0 radical (unpaired) electrons. The number of thioether (sulfide) groups is 1. The van der Waals surface area contributed by atoms with Gasteiger partial charge in [-0.1, -0.05) is 90.1 Å². The molecule has 36 heavy (non-hydrogen) atoms. The lowest BCUT2D eigenvalue weighted by atomic mass is 9.90. The lowest BCUT2D eigenvalue weighted by Gasteiger charge is -2.23. The lowest BCUT2D eigenvalue weighted by molar-refractivity contribution is -0.109. The number of aryl methyl sites for hydroxylation is 1. The number of halogens is 1. The van der Waals surface area contributed by atoms with Gasteiger partial charge in [0.1, 0.15) is 0 Å². The summed E-state index contributed by atoms with van der Waals surface area (Å²) in [5, 5.41) is 12.4. The maximum absolute atomic E-state index is 12.1. The Morgan fingerprint density at radius 3 is 2.58 bits per heavy atom. The minimum Gasteiger partial charge on any atom is -0.386 e. The zero-order valence-corrected chi connectivity index (χ0v) is 22.3. The van der Waals surface area contributed by atoms with Gasteiger partial charge < -0.3 is 5.11 Å². The van der Waals surface area contributed by atoms with Crippen molar-refractivity contribution < 1.29 is 9.90 Å². The summed E-state index contributed by atoms with van der Waals surface area (Å²) >= 11 is 7.49. The third-order valence-electron chi connectivity index (χ3n) is 6.07. The quantitative estimate of drug-likeness (QED) is 0.256. The van der Waals surface area contributed by atoms with Gasteiger partial charge >= 0.3 is 0 Å². The second kappa shape index (κ2) is 11.4. The van der Waals surface area contributed by atoms with Gasteiger partial charge in [-0.15, -0.1) is 0 Å². The number of benzene rings is 3. The maximum Gasteiger partial charge on any atom is 0.186 e. The molecule has 0 saturated carbocycles. The molecule has 3 nitrogen and oxygen atoms in total. The molecule has 0 aliphatic rings. The van der Waals surface area contributed by atoms with Crippen LogP contribution in [0.15, 0.2) is 78.9 Å². The van der Waals surface area contributed by atoms with Crippen LogP contribution in [0.25, 0.3) is 23.1 Å². The van der Waals surface area contributed by atoms with E-state index in [0.717, 1.165) is 51.7 Å². The monoisotopic (exact) mass is 515 g/mol. The molecule has 0 unspecified atom stereocenters. The molecule has 1 aromatic heterocycles. The summed E-state index contributed by atoms with van der Waals surface area (Å²) in [5.74, 6) is 0. The third kappa shape index (κ3) is 6.85. The van der Waals surface area contributed by atoms with Crippen molar-refractivity contribution in [2.45, 2.75) is 44.5 Å². The molecular formula is C31H30ClNO2S. The second-order valence-electron chi connectivity index (χ2n) is 9.43. The first-order valence-corrected chi connectivity index (χ1v) is 13.3. The Labute approximate surface area is 222 Å². The fourth-order valence-corrected chi connectivity index (χ4v) is 5.44. The molecule has 5 heteroatoms. The van der Waals surface area contributed by atoms with Crippen molar-refractivity contribution >= 4 is 51.5 Å². The highest BCUT2D eigenvalue weighted by molar-refractivity contribution is 8.13. The minimum absolute atomic E-state index is 0.0200. The molecule has 3 aromatic carbocycles. The number of rotatable bonds is 8. The molecule has 0 aliphatic carbocycles. The fraction of sp³-hybridized carbons (Fsp3) is 0.226. The van der Waals surface area contributed by atoms with Crippen LogP contribution in [0.1, 0.15) is 60.4 Å². The Morgan fingerprint density at radius 2 is 1.81 bits per heavy atom. The molecule has 1 N–H and O–H groups in total. The lowest BCUT2D eigenvalue weighted by Crippen LogP contribution is -2.18. The average molecular weight is 516 g/mol. The SMILES string of the molecule is CC(=O)S[C@H](CCc1ccccc1C(C)(C)O)c1cccc(/C=C/c2ccc3ccc(Cl)cc3n2)c1. The topological polar surface area (TPSA) is 50.2 Å². The first kappa shape index (κ1) is 26.2. The highest BCUT2D eigenvalue weighted by Crippen LogP contribution is 2.36. The van der Waals surface area contributed by atoms with Crippen LogP contribution in [0, 0.1) is 0 Å². The van der Waals surface area contributed by atoms with Crippen molar-refractivity contribution in [2.24, 2.45) is 0 Å². The molecule has 0 fully saturated rings. The van der Waals surface area contributed by atoms with Gasteiger partial charge in [0.2, 0.25) is 0 Å². The van der Waals surface area contributed by atoms with Crippen LogP contribution in [0.4, 0.5) is 0 Å². The molecule has 4 rings (SSSR count). The van der Waals surface area contributed by atoms with E-state index < -0.39 is 5.60 Å². The predicted octanol–water partition coefficient (Wildman–Crippen LogP) is 8.24. The van der Waals surface area contributed by atoms with Crippen LogP contribution in [-0.2, 0) is 16.8 Å². The molecule has 184 valence electrons. The van der Waals surface area contributed by atoms with Crippen molar-refractivity contribution in [1.82, 2.24) is 4.98 Å². The van der Waals surface area contributed by atoms with Crippen LogP contribution in [0.2, 0.25) is 5.02 Å². The van der Waals surface area contributed by atoms with Gasteiger partial charge in [0, 0.05) is 22.6 Å². The zero-order chi connectivity index (χ0) is 25.7. The van der Waals surface area contributed by atoms with Crippen LogP contribution in [0.5, 0.6) is 0 Å². The van der Waals surface area contributed by atoms with E-state index in [1.807, 2.05) is 80.6 Å². The molecule has 0 bridgehead atoms. The van der Waals surface area contributed by atoms with E-state index >= 15 is 0 Å². The van der Waals surface area contributed by atoms with Gasteiger partial charge in [0.15, 0.2) is 5.12 Å². The molecule has 0 aliphatic heterocycles. The van der Waals surface area contributed by atoms with Gasteiger partial charge in [0.25, 0.3) is 0 Å². The maximum atomic E-state index is 12.1. The summed E-state index contributed by atoms with van der Waals surface area (Å²) in [4.78, 5) is 16.8. The van der Waals surface area contributed by atoms with Gasteiger partial charge in [-0.3, -0.25) is 4.79 Å². The van der Waals surface area contributed by atoms with Crippen molar-refractivity contribution in [1.29, 1.82) is 0 Å². The standard InChI is InChI=1S/C31H30ClNO2S/c1-21(34)36-30(18-14-23-8-4-5-10-28(23)31(2,3)35)25-9-6-7-22(19-25)11-16-27-17-13-24-12-15-26(32)20-29(24)33-27/h4-13,15-17,19-20,30,35H,14,18H2,1-3H3/b16-11+/t30-/m1/s1. The van der Waals surface area contributed by atoms with Crippen LogP contribution in [-0.4, -0.2) is 15.2 Å². The summed E-state index contributed by atoms with van der Waals surface area (Å²) in [7, 11) is 0. The molecule has 0 saturated heterocycles. The van der Waals surface area contributed by atoms with Gasteiger partial charge in [-0.25, -0.2) is 4.98 Å². The first-order valence-electron chi connectivity index (χ1n) is 12.0. The van der Waals surface area contributed by atoms with Crippen LogP contribution < -0.4 is 0 Å². The zero-order valence-electron chi connectivity index (χ0n) is 20.7. The Kier molecular flexibility index (Phi) is 8.30. The van der Waals surface area contributed by atoms with Gasteiger partial charge in [-0.2, -0.15) is 0 Å². The van der Waals surface area contributed by atoms with Crippen molar-refractivity contribution in [3.05, 3.63) is 112 Å². The number of aromatic nitrogens is 1. The molecular weight excluding hydrogens is 486 g/mol. The molecule has 0 amide bonds. The van der Waals surface area contributed by atoms with E-state index in [0.29, 0.717) is 5.02 Å². The summed E-state index contributed by atoms with van der Waals surface area (Å²) in [6.07, 6.45) is 5.60.